The second-order valence-corrected chi connectivity index (χ2v) is 11.6. The van der Waals surface area contributed by atoms with Crippen LogP contribution in [-0.2, 0) is 32.2 Å². The Morgan fingerprint density at radius 3 is 1.79 bits per heavy atom. The Morgan fingerprint density at radius 2 is 1.31 bits per heavy atom. The van der Waals surface area contributed by atoms with E-state index in [1.54, 1.807) is 54.8 Å². The number of nitrogens with zero attached hydrogens (tertiary/aromatic N) is 2. The summed E-state index contributed by atoms with van der Waals surface area (Å²) in [5.74, 6) is 0. The summed E-state index contributed by atoms with van der Waals surface area (Å²) in [6.45, 7) is 1.97. The summed E-state index contributed by atoms with van der Waals surface area (Å²) >= 11 is 10.9. The summed E-state index contributed by atoms with van der Waals surface area (Å²) in [7, 11) is 0. The van der Waals surface area contributed by atoms with Crippen LogP contribution >= 0.6 is 24.4 Å². The topological polar surface area (TPSA) is 187 Å². The van der Waals surface area contributed by atoms with E-state index >= 15 is 0 Å². The molecule has 0 heterocycles. The lowest BCUT2D eigenvalue weighted by atomic mass is 9.91. The van der Waals surface area contributed by atoms with Gasteiger partial charge in [-0.15, -0.1) is 0 Å². The van der Waals surface area contributed by atoms with Gasteiger partial charge in [0.2, 0.25) is 6.08 Å². The molecule has 0 radical (unpaired) electrons. The van der Waals surface area contributed by atoms with E-state index in [1.165, 1.54) is 6.08 Å². The van der Waals surface area contributed by atoms with Crippen molar-refractivity contribution in [1.29, 1.82) is 5.26 Å². The van der Waals surface area contributed by atoms with Gasteiger partial charge in [0.15, 0.2) is 10.2 Å². The standard InChI is InChI=1S/C32H40N8O6S2/c33-21-44-20-24-8-12-26(13-9-24)40-32(43)46-17-3-15-36-30(48)38-28-5-1-4-27(18-28)37-29(47)35-14-2-16-45-31(42)39-25-10-6-23(7-11-25)19-34-22-41/h6-13,27-28H,1-5,14-20H2,(H,39,42)(H,40,43)(H2,35,37,47)(H2,36,38,48). The maximum Gasteiger partial charge on any atom is 0.411 e. The number of thiocarbonyl (C=S) groups is 2. The van der Waals surface area contributed by atoms with Crippen LogP contribution in [0.1, 0.15) is 49.7 Å². The van der Waals surface area contributed by atoms with Gasteiger partial charge in [0.1, 0.15) is 6.61 Å². The largest absolute Gasteiger partial charge is 0.449 e. The van der Waals surface area contributed by atoms with Gasteiger partial charge >= 0.3 is 12.2 Å². The van der Waals surface area contributed by atoms with Crippen molar-refractivity contribution in [3.63, 3.8) is 0 Å². The number of rotatable bonds is 16. The van der Waals surface area contributed by atoms with Crippen LogP contribution < -0.4 is 31.9 Å². The molecular formula is C32H40N8O6S2. The summed E-state index contributed by atoms with van der Waals surface area (Å²) in [5, 5.41) is 27.9. The van der Waals surface area contributed by atoms with Crippen molar-refractivity contribution in [2.24, 2.45) is 4.99 Å². The number of nitriles is 1. The molecule has 0 aromatic heterocycles. The second kappa shape index (κ2) is 21.8. The lowest BCUT2D eigenvalue weighted by Crippen LogP contribution is -2.50. The molecule has 2 aromatic rings. The molecule has 0 aliphatic heterocycles. The number of hydrogen-bond acceptors (Lipinski definition) is 10. The molecule has 2 atom stereocenters. The van der Waals surface area contributed by atoms with Gasteiger partial charge in [-0.2, -0.15) is 5.26 Å². The van der Waals surface area contributed by atoms with E-state index in [-0.39, 0.29) is 38.4 Å². The Labute approximate surface area is 290 Å². The smallest absolute Gasteiger partial charge is 0.411 e. The molecule has 0 saturated heterocycles. The SMILES string of the molecule is N#COCc1ccc(NC(=O)OCCCNC(=S)NC2CCCC(NC(=S)NCCCOC(=O)Nc3ccc(CN=C=O)cc3)C2)cc1. The van der Waals surface area contributed by atoms with Crippen molar-refractivity contribution in [2.45, 2.75) is 63.8 Å². The fourth-order valence-electron chi connectivity index (χ4n) is 4.73. The highest BCUT2D eigenvalue weighted by atomic mass is 32.1. The van der Waals surface area contributed by atoms with Crippen molar-refractivity contribution in [1.82, 2.24) is 21.3 Å². The molecule has 3 rings (SSSR count). The monoisotopic (exact) mass is 696 g/mol. The first kappa shape index (κ1) is 37.5. The number of carbonyl (C=O) groups is 2. The highest BCUT2D eigenvalue weighted by Gasteiger charge is 2.23. The second-order valence-electron chi connectivity index (χ2n) is 10.8. The maximum atomic E-state index is 12.0. The van der Waals surface area contributed by atoms with Crippen LogP contribution in [0.3, 0.4) is 0 Å². The number of hydrogen-bond donors (Lipinski definition) is 6. The first-order chi connectivity index (χ1) is 23.3. The maximum absolute atomic E-state index is 12.0. The lowest BCUT2D eigenvalue weighted by molar-refractivity contribution is 0.159. The molecule has 1 fully saturated rings. The molecule has 0 spiro atoms. The molecule has 2 unspecified atom stereocenters. The zero-order valence-electron chi connectivity index (χ0n) is 26.4. The number of aliphatic imine (C=N–C) groups is 1. The highest BCUT2D eigenvalue weighted by molar-refractivity contribution is 7.80. The van der Waals surface area contributed by atoms with Crippen LogP contribution in [0.25, 0.3) is 0 Å². The number of ether oxygens (including phenoxy) is 3. The van der Waals surface area contributed by atoms with E-state index in [0.717, 1.165) is 36.8 Å². The zero-order chi connectivity index (χ0) is 34.4. The van der Waals surface area contributed by atoms with Gasteiger partial charge in [-0.05, 0) is 98.4 Å². The van der Waals surface area contributed by atoms with Crippen LogP contribution in [0.5, 0.6) is 0 Å². The predicted octanol–water partition coefficient (Wildman–Crippen LogP) is 4.34. The number of carbonyl (C=O) groups excluding carboxylic acids is 3. The minimum Gasteiger partial charge on any atom is -0.449 e. The van der Waals surface area contributed by atoms with Gasteiger partial charge in [0.05, 0.1) is 19.8 Å². The van der Waals surface area contributed by atoms with Crippen LogP contribution in [0.15, 0.2) is 53.5 Å². The van der Waals surface area contributed by atoms with Crippen molar-refractivity contribution in [2.75, 3.05) is 36.9 Å². The van der Waals surface area contributed by atoms with Gasteiger partial charge in [0, 0.05) is 36.5 Å². The van der Waals surface area contributed by atoms with Gasteiger partial charge in [-0.3, -0.25) is 10.6 Å². The fourth-order valence-corrected chi connectivity index (χ4v) is 5.27. The molecule has 1 aliphatic carbocycles. The third-order valence-corrected chi connectivity index (χ3v) is 7.58. The van der Waals surface area contributed by atoms with Gasteiger partial charge < -0.3 is 35.5 Å². The molecule has 0 bridgehead atoms. The van der Waals surface area contributed by atoms with Crippen LogP contribution in [0.4, 0.5) is 21.0 Å². The Kier molecular flexibility index (Phi) is 17.0. The summed E-state index contributed by atoms with van der Waals surface area (Å²) in [6, 6.07) is 14.3. The molecule has 14 nitrogen and oxygen atoms in total. The molecule has 16 heteroatoms. The van der Waals surface area contributed by atoms with Crippen LogP contribution in [0.2, 0.25) is 0 Å². The van der Waals surface area contributed by atoms with Gasteiger partial charge in [0.25, 0.3) is 6.26 Å². The highest BCUT2D eigenvalue weighted by Crippen LogP contribution is 2.19. The Hall–Kier alpha value is -4.97. The molecule has 256 valence electrons. The molecule has 1 aliphatic rings. The number of benzene rings is 2. The minimum absolute atomic E-state index is 0.180. The van der Waals surface area contributed by atoms with Crippen molar-refractivity contribution < 1.29 is 28.6 Å². The molecule has 1 saturated carbocycles. The third-order valence-electron chi connectivity index (χ3n) is 7.05. The number of nitrogens with one attached hydrogen (secondary N) is 6. The van der Waals surface area contributed by atoms with Crippen molar-refractivity contribution in [3.05, 3.63) is 59.7 Å². The van der Waals surface area contributed by atoms with E-state index in [4.69, 9.17) is 39.2 Å². The first-order valence-corrected chi connectivity index (χ1v) is 16.3. The average Bonchev–Trinajstić information content (AvgIpc) is 3.07. The van der Waals surface area contributed by atoms with Crippen molar-refractivity contribution >= 4 is 64.3 Å². The Morgan fingerprint density at radius 1 is 0.812 bits per heavy atom. The van der Waals surface area contributed by atoms with E-state index in [9.17, 15) is 14.4 Å². The Bertz CT molecular complexity index is 1430. The quantitative estimate of drug-likeness (QED) is 0.0479. The molecule has 2 amide bonds. The van der Waals surface area contributed by atoms with E-state index in [0.29, 0.717) is 47.5 Å². The number of isocyanates is 1. The molecule has 48 heavy (non-hydrogen) atoms. The molecule has 2 aromatic carbocycles. The summed E-state index contributed by atoms with van der Waals surface area (Å²) in [5.41, 5.74) is 2.81. The number of anilines is 2. The van der Waals surface area contributed by atoms with Gasteiger partial charge in [-0.1, -0.05) is 24.3 Å². The minimum atomic E-state index is -0.553. The lowest BCUT2D eigenvalue weighted by Gasteiger charge is -2.32. The average molecular weight is 697 g/mol. The van der Waals surface area contributed by atoms with E-state index < -0.39 is 12.2 Å². The molecule has 6 N–H and O–H groups in total. The fraction of sp³-hybridized carbons (Fsp3) is 0.438. The zero-order valence-corrected chi connectivity index (χ0v) is 28.1. The normalized spacial score (nSPS) is 14.9. The summed E-state index contributed by atoms with van der Waals surface area (Å²) in [6.07, 6.45) is 7.04. The summed E-state index contributed by atoms with van der Waals surface area (Å²) in [4.78, 5) is 37.8. The van der Waals surface area contributed by atoms with E-state index in [1.807, 2.05) is 0 Å². The van der Waals surface area contributed by atoms with Crippen LogP contribution in [0, 0.1) is 11.5 Å². The third kappa shape index (κ3) is 15.5. The predicted molar refractivity (Wildman–Crippen MR) is 188 cm³/mol. The van der Waals surface area contributed by atoms with Gasteiger partial charge in [-0.25, -0.2) is 19.4 Å². The summed E-state index contributed by atoms with van der Waals surface area (Å²) < 4.78 is 15.1. The number of amides is 2. The first-order valence-electron chi connectivity index (χ1n) is 15.5. The molecular weight excluding hydrogens is 657 g/mol. The Balaban J connectivity index is 1.20. The van der Waals surface area contributed by atoms with Crippen molar-refractivity contribution in [3.8, 4) is 6.26 Å². The van der Waals surface area contributed by atoms with Crippen LogP contribution in [-0.4, -0.2) is 66.9 Å². The van der Waals surface area contributed by atoms with E-state index in [2.05, 4.69) is 41.6 Å².